The van der Waals surface area contributed by atoms with Gasteiger partial charge in [0, 0.05) is 0 Å². The van der Waals surface area contributed by atoms with Crippen molar-refractivity contribution in [3.05, 3.63) is 94.6 Å². The Bertz CT molecular complexity index is 1120. The molecule has 0 amide bonds. The summed E-state index contributed by atoms with van der Waals surface area (Å²) in [7, 11) is 0. The molecule has 0 saturated heterocycles. The fourth-order valence-electron chi connectivity index (χ4n) is 2.61. The van der Waals surface area contributed by atoms with E-state index in [1.54, 1.807) is 0 Å². The third-order valence-electron chi connectivity index (χ3n) is 3.95. The molecule has 0 unspecified atom stereocenters. The molecule has 8 bridgehead atoms. The van der Waals surface area contributed by atoms with E-state index in [0.29, 0.717) is 46.1 Å². The molecule has 1 aliphatic heterocycles. The fraction of sp³-hybridized carbons (Fsp3) is 0. The Morgan fingerprint density at radius 3 is 0.857 bits per heavy atom. The highest BCUT2D eigenvalue weighted by molar-refractivity contribution is 5.66. The van der Waals surface area contributed by atoms with Gasteiger partial charge in [-0.15, -0.1) is 0 Å². The molecule has 0 radical (unpaired) electrons. The SMILES string of the molecule is C1#Cc2ccc(o2)C=Cc2ccc(o2)C#Cc2ccc(o2)C=Cc2ccc1o2. The van der Waals surface area contributed by atoms with Gasteiger partial charge in [0.25, 0.3) is 0 Å². The van der Waals surface area contributed by atoms with Crippen molar-refractivity contribution in [1.82, 2.24) is 0 Å². The second-order valence-corrected chi connectivity index (χ2v) is 5.97. The van der Waals surface area contributed by atoms with Crippen LogP contribution in [0.5, 0.6) is 0 Å². The van der Waals surface area contributed by atoms with Crippen molar-refractivity contribution in [3.8, 4) is 23.7 Å². The minimum atomic E-state index is 0.552. The fourth-order valence-corrected chi connectivity index (χ4v) is 2.61. The van der Waals surface area contributed by atoms with E-state index in [4.69, 9.17) is 17.7 Å². The summed E-state index contributed by atoms with van der Waals surface area (Å²) < 4.78 is 22.7. The van der Waals surface area contributed by atoms with Crippen molar-refractivity contribution in [2.45, 2.75) is 0 Å². The number of furan rings is 4. The Balaban J connectivity index is 1.55. The van der Waals surface area contributed by atoms with E-state index in [9.17, 15) is 0 Å². The highest BCUT2D eigenvalue weighted by Gasteiger charge is 2.02. The lowest BCUT2D eigenvalue weighted by molar-refractivity contribution is 0.535. The van der Waals surface area contributed by atoms with Crippen LogP contribution >= 0.6 is 0 Å². The quantitative estimate of drug-likeness (QED) is 0.340. The first kappa shape index (κ1) is 15.9. The molecule has 0 fully saturated rings. The van der Waals surface area contributed by atoms with E-state index in [2.05, 4.69) is 23.7 Å². The van der Waals surface area contributed by atoms with Crippen LogP contribution in [-0.2, 0) is 0 Å². The lowest BCUT2D eigenvalue weighted by atomic mass is 10.3. The molecule has 1 aliphatic rings. The first-order valence-corrected chi connectivity index (χ1v) is 8.60. The molecular weight excluding hydrogens is 352 g/mol. The van der Waals surface area contributed by atoms with E-state index >= 15 is 0 Å². The average molecular weight is 364 g/mol. The zero-order valence-corrected chi connectivity index (χ0v) is 14.6. The van der Waals surface area contributed by atoms with Crippen molar-refractivity contribution < 1.29 is 17.7 Å². The van der Waals surface area contributed by atoms with Gasteiger partial charge in [-0.1, -0.05) is 0 Å². The Hall–Kier alpha value is -4.28. The molecule has 4 heteroatoms. The summed E-state index contributed by atoms with van der Waals surface area (Å²) in [5, 5.41) is 0. The van der Waals surface area contributed by atoms with E-state index in [-0.39, 0.29) is 0 Å². The third-order valence-corrected chi connectivity index (χ3v) is 3.95. The molecule has 5 rings (SSSR count). The molecule has 4 nitrogen and oxygen atoms in total. The maximum absolute atomic E-state index is 5.68. The molecular formula is C24H12O4. The van der Waals surface area contributed by atoms with Gasteiger partial charge in [0.15, 0.2) is 23.0 Å². The van der Waals surface area contributed by atoms with E-state index < -0.39 is 0 Å². The van der Waals surface area contributed by atoms with Gasteiger partial charge < -0.3 is 17.7 Å². The molecule has 5 heterocycles. The molecule has 0 aromatic carbocycles. The molecule has 0 atom stereocenters. The van der Waals surface area contributed by atoms with Crippen molar-refractivity contribution in [2.24, 2.45) is 0 Å². The summed E-state index contributed by atoms with van der Waals surface area (Å²) in [5.41, 5.74) is 0. The summed E-state index contributed by atoms with van der Waals surface area (Å²) in [6.07, 6.45) is 7.25. The van der Waals surface area contributed by atoms with Gasteiger partial charge in [-0.3, -0.25) is 0 Å². The highest BCUT2D eigenvalue weighted by Crippen LogP contribution is 2.16. The zero-order valence-electron chi connectivity index (χ0n) is 14.6. The van der Waals surface area contributed by atoms with E-state index in [1.807, 2.05) is 72.8 Å². The first-order valence-electron chi connectivity index (χ1n) is 8.60. The summed E-state index contributed by atoms with van der Waals surface area (Å²) in [5.74, 6) is 16.7. The van der Waals surface area contributed by atoms with Gasteiger partial charge in [0.1, 0.15) is 23.0 Å². The minimum Gasteiger partial charge on any atom is -0.448 e. The third kappa shape index (κ3) is 3.49. The van der Waals surface area contributed by atoms with Crippen molar-refractivity contribution in [2.75, 3.05) is 0 Å². The number of rotatable bonds is 0. The van der Waals surface area contributed by atoms with Crippen LogP contribution in [-0.4, -0.2) is 0 Å². The topological polar surface area (TPSA) is 52.6 Å². The number of fused-ring (bicyclic) bond motifs is 8. The largest absolute Gasteiger partial charge is 0.448 e. The Kier molecular flexibility index (Phi) is 3.87. The zero-order chi connectivity index (χ0) is 18.8. The molecule has 0 saturated carbocycles. The Morgan fingerprint density at radius 1 is 0.357 bits per heavy atom. The van der Waals surface area contributed by atoms with Crippen LogP contribution in [0.4, 0.5) is 0 Å². The molecule has 4 aromatic rings. The standard InChI is InChI=1S/C24H12O4/c1-2-18-11-12-20-5-6-22(27-20)15-16-24-8-7-23(28-24)14-13-21-4-3-19(26-21)10-9-17(1)25-18/h1-10,15-16H. The van der Waals surface area contributed by atoms with Crippen LogP contribution in [0.15, 0.2) is 66.2 Å². The molecule has 4 aromatic heterocycles. The Morgan fingerprint density at radius 2 is 0.607 bits per heavy atom. The van der Waals surface area contributed by atoms with Crippen LogP contribution < -0.4 is 0 Å². The van der Waals surface area contributed by atoms with Gasteiger partial charge in [-0.2, -0.15) is 0 Å². The maximum Gasteiger partial charge on any atom is 0.178 e. The van der Waals surface area contributed by atoms with Gasteiger partial charge in [-0.05, 0) is 96.5 Å². The van der Waals surface area contributed by atoms with Crippen molar-refractivity contribution in [3.63, 3.8) is 0 Å². The average Bonchev–Trinajstić information content (AvgIpc) is 3.49. The smallest absolute Gasteiger partial charge is 0.178 e. The summed E-state index contributed by atoms with van der Waals surface area (Å²) in [6.45, 7) is 0. The predicted molar refractivity (Wildman–Crippen MR) is 105 cm³/mol. The molecule has 0 aliphatic carbocycles. The van der Waals surface area contributed by atoms with Crippen LogP contribution in [0, 0.1) is 23.7 Å². The maximum atomic E-state index is 5.68. The van der Waals surface area contributed by atoms with Crippen molar-refractivity contribution in [1.29, 1.82) is 0 Å². The van der Waals surface area contributed by atoms with Crippen molar-refractivity contribution >= 4 is 24.3 Å². The summed E-state index contributed by atoms with van der Waals surface area (Å²) in [6, 6.07) is 14.6. The molecule has 0 spiro atoms. The van der Waals surface area contributed by atoms with Gasteiger partial charge in [0.05, 0.1) is 0 Å². The minimum absolute atomic E-state index is 0.552. The lowest BCUT2D eigenvalue weighted by Crippen LogP contribution is -1.69. The van der Waals surface area contributed by atoms with Crippen LogP contribution in [0.2, 0.25) is 0 Å². The summed E-state index contributed by atoms with van der Waals surface area (Å²) in [4.78, 5) is 0. The van der Waals surface area contributed by atoms with E-state index in [0.717, 1.165) is 0 Å². The highest BCUT2D eigenvalue weighted by atomic mass is 16.4. The number of hydrogen-bond donors (Lipinski definition) is 0. The van der Waals surface area contributed by atoms with Gasteiger partial charge >= 0.3 is 0 Å². The van der Waals surface area contributed by atoms with Crippen LogP contribution in [0.1, 0.15) is 46.1 Å². The molecule has 132 valence electrons. The lowest BCUT2D eigenvalue weighted by Gasteiger charge is -1.87. The molecule has 28 heavy (non-hydrogen) atoms. The monoisotopic (exact) mass is 364 g/mol. The molecule has 0 N–H and O–H groups in total. The van der Waals surface area contributed by atoms with Gasteiger partial charge in [0.2, 0.25) is 0 Å². The summed E-state index contributed by atoms with van der Waals surface area (Å²) >= 11 is 0. The second kappa shape index (κ2) is 6.79. The number of hydrogen-bond acceptors (Lipinski definition) is 4. The normalized spacial score (nSPS) is 12.0. The second-order valence-electron chi connectivity index (χ2n) is 5.97. The van der Waals surface area contributed by atoms with Crippen LogP contribution in [0.25, 0.3) is 24.3 Å². The Labute approximate surface area is 160 Å². The van der Waals surface area contributed by atoms with E-state index in [1.165, 1.54) is 0 Å². The first-order chi connectivity index (χ1) is 13.8. The predicted octanol–water partition coefficient (Wildman–Crippen LogP) is 5.51. The van der Waals surface area contributed by atoms with Crippen LogP contribution in [0.3, 0.4) is 0 Å². The van der Waals surface area contributed by atoms with Gasteiger partial charge in [-0.25, -0.2) is 0 Å².